The van der Waals surface area contributed by atoms with E-state index in [9.17, 15) is 14.9 Å². The van der Waals surface area contributed by atoms with E-state index in [4.69, 9.17) is 21.1 Å². The molecule has 1 N–H and O–H groups in total. The zero-order chi connectivity index (χ0) is 18.0. The number of fused-ring (bicyclic) bond motifs is 1. The average molecular weight is 367 g/mol. The van der Waals surface area contributed by atoms with Gasteiger partial charge in [0.2, 0.25) is 0 Å². The van der Waals surface area contributed by atoms with Crippen molar-refractivity contribution in [3.8, 4) is 6.01 Å². The van der Waals surface area contributed by atoms with Crippen LogP contribution in [0.3, 0.4) is 0 Å². The summed E-state index contributed by atoms with van der Waals surface area (Å²) in [5, 5.41) is 13.9. The second-order valence-corrected chi connectivity index (χ2v) is 6.31. The Kier molecular flexibility index (Phi) is 4.49. The molecular formula is C15H15ClN4O5. The van der Waals surface area contributed by atoms with Crippen LogP contribution in [0, 0.1) is 10.1 Å². The molecule has 1 atom stereocenters. The third kappa shape index (κ3) is 4.00. The average Bonchev–Trinajstić information content (AvgIpc) is 3.08. The summed E-state index contributed by atoms with van der Waals surface area (Å²) >= 11 is 5.79. The van der Waals surface area contributed by atoms with Crippen molar-refractivity contribution in [2.75, 3.05) is 6.54 Å². The van der Waals surface area contributed by atoms with Crippen molar-refractivity contribution in [2.45, 2.75) is 25.7 Å². The molecule has 1 aromatic heterocycles. The molecule has 0 aliphatic carbocycles. The van der Waals surface area contributed by atoms with E-state index in [1.807, 2.05) is 0 Å². The molecule has 25 heavy (non-hydrogen) atoms. The molecule has 1 unspecified atom stereocenters. The molecular weight excluding hydrogens is 352 g/mol. The van der Waals surface area contributed by atoms with Gasteiger partial charge in [-0.25, -0.2) is 4.79 Å². The molecule has 1 amide bonds. The molecule has 2 aromatic rings. The van der Waals surface area contributed by atoms with Crippen molar-refractivity contribution in [2.24, 2.45) is 0 Å². The van der Waals surface area contributed by atoms with Crippen LogP contribution in [-0.4, -0.2) is 32.7 Å². The van der Waals surface area contributed by atoms with Crippen LogP contribution in [0.2, 0.25) is 5.02 Å². The van der Waals surface area contributed by atoms with Crippen LogP contribution < -0.4 is 10.1 Å². The number of benzene rings is 1. The summed E-state index contributed by atoms with van der Waals surface area (Å²) in [5.74, 6) is -0.271. The van der Waals surface area contributed by atoms with Crippen LogP contribution in [0.1, 0.15) is 12.5 Å². The zero-order valence-corrected chi connectivity index (χ0v) is 14.0. The van der Waals surface area contributed by atoms with Gasteiger partial charge in [-0.05, 0) is 29.5 Å². The first-order valence-corrected chi connectivity index (χ1v) is 7.78. The standard InChI is InChI=1S/C15H15ClN4O5/c1-15(9-19-6-12(20(22)23)18-13(19)25-15)8-17-14(21)24-7-10-2-4-11(16)5-3-10/h2-6H,7-9H2,1H3,(H,17,21). The smallest absolute Gasteiger partial charge is 0.415 e. The van der Waals surface area contributed by atoms with Crippen LogP contribution in [0.4, 0.5) is 10.6 Å². The normalized spacial score (nSPS) is 18.3. The van der Waals surface area contributed by atoms with Gasteiger partial charge in [-0.1, -0.05) is 23.7 Å². The van der Waals surface area contributed by atoms with Crippen LogP contribution in [0.5, 0.6) is 6.01 Å². The number of halogens is 1. The number of ether oxygens (including phenoxy) is 2. The number of nitrogens with zero attached hydrogens (tertiary/aromatic N) is 3. The van der Waals surface area contributed by atoms with Crippen molar-refractivity contribution in [3.05, 3.63) is 51.2 Å². The van der Waals surface area contributed by atoms with E-state index in [0.29, 0.717) is 11.6 Å². The molecule has 2 heterocycles. The Labute approximate surface area is 147 Å². The summed E-state index contributed by atoms with van der Waals surface area (Å²) in [4.78, 5) is 25.7. The van der Waals surface area contributed by atoms with Gasteiger partial charge in [0.25, 0.3) is 0 Å². The van der Waals surface area contributed by atoms with Crippen LogP contribution >= 0.6 is 11.6 Å². The summed E-state index contributed by atoms with van der Waals surface area (Å²) in [7, 11) is 0. The fourth-order valence-electron chi connectivity index (χ4n) is 2.41. The lowest BCUT2D eigenvalue weighted by atomic mass is 10.1. The minimum atomic E-state index is -0.753. The van der Waals surface area contributed by atoms with Crippen LogP contribution in [-0.2, 0) is 17.9 Å². The number of hydrogen-bond donors (Lipinski definition) is 1. The Morgan fingerprint density at radius 1 is 1.52 bits per heavy atom. The Morgan fingerprint density at radius 3 is 2.88 bits per heavy atom. The Hall–Kier alpha value is -2.81. The molecule has 10 heteroatoms. The Balaban J connectivity index is 1.48. The number of rotatable bonds is 5. The van der Waals surface area contributed by atoms with Gasteiger partial charge in [0.15, 0.2) is 0 Å². The number of carbonyl (C=O) groups is 1. The number of imidazole rings is 1. The predicted molar refractivity (Wildman–Crippen MR) is 87.6 cm³/mol. The zero-order valence-electron chi connectivity index (χ0n) is 13.3. The fourth-order valence-corrected chi connectivity index (χ4v) is 2.54. The molecule has 9 nitrogen and oxygen atoms in total. The third-order valence-electron chi connectivity index (χ3n) is 3.65. The first-order valence-electron chi connectivity index (χ1n) is 7.40. The van der Waals surface area contributed by atoms with Crippen molar-refractivity contribution < 1.29 is 19.2 Å². The molecule has 0 fully saturated rings. The lowest BCUT2D eigenvalue weighted by Crippen LogP contribution is -2.44. The van der Waals surface area contributed by atoms with Gasteiger partial charge in [0, 0.05) is 10.0 Å². The van der Waals surface area contributed by atoms with E-state index < -0.39 is 16.6 Å². The minimum Gasteiger partial charge on any atom is -0.445 e. The highest BCUT2D eigenvalue weighted by atomic mass is 35.5. The first kappa shape index (κ1) is 17.0. The molecule has 0 spiro atoms. The predicted octanol–water partition coefficient (Wildman–Crippen LogP) is 2.52. The van der Waals surface area contributed by atoms with E-state index in [2.05, 4.69) is 10.3 Å². The minimum absolute atomic E-state index is 0.119. The highest BCUT2D eigenvalue weighted by Gasteiger charge is 2.40. The maximum Gasteiger partial charge on any atom is 0.415 e. The van der Waals surface area contributed by atoms with Crippen LogP contribution in [0.25, 0.3) is 0 Å². The van der Waals surface area contributed by atoms with Gasteiger partial charge in [0.05, 0.1) is 13.1 Å². The number of alkyl carbamates (subject to hydrolysis) is 1. The summed E-state index contributed by atoms with van der Waals surface area (Å²) in [5.41, 5.74) is 0.0619. The molecule has 1 aromatic carbocycles. The second-order valence-electron chi connectivity index (χ2n) is 5.87. The number of aromatic nitrogens is 2. The fraction of sp³-hybridized carbons (Fsp3) is 0.333. The number of hydrogen-bond acceptors (Lipinski definition) is 6. The van der Waals surface area contributed by atoms with Gasteiger partial charge < -0.3 is 24.9 Å². The van der Waals surface area contributed by atoms with Gasteiger partial charge >= 0.3 is 17.9 Å². The summed E-state index contributed by atoms with van der Waals surface area (Å²) in [6, 6.07) is 7.12. The van der Waals surface area contributed by atoms with Crippen molar-refractivity contribution in [1.29, 1.82) is 0 Å². The first-order chi connectivity index (χ1) is 11.8. The van der Waals surface area contributed by atoms with Gasteiger partial charge in [-0.15, -0.1) is 0 Å². The number of carbonyl (C=O) groups excluding carboxylic acids is 1. The summed E-state index contributed by atoms with van der Waals surface area (Å²) in [6.45, 7) is 2.39. The highest BCUT2D eigenvalue weighted by molar-refractivity contribution is 6.30. The molecule has 3 rings (SSSR count). The van der Waals surface area contributed by atoms with Crippen molar-refractivity contribution in [1.82, 2.24) is 14.9 Å². The Bertz CT molecular complexity index is 781. The van der Waals surface area contributed by atoms with Gasteiger partial charge in [-0.2, -0.15) is 0 Å². The number of amides is 1. The molecule has 0 saturated carbocycles. The van der Waals surface area contributed by atoms with Gasteiger partial charge in [0.1, 0.15) is 18.4 Å². The number of nitro groups is 1. The Morgan fingerprint density at radius 2 is 2.24 bits per heavy atom. The summed E-state index contributed by atoms with van der Waals surface area (Å²) < 4.78 is 12.3. The maximum absolute atomic E-state index is 11.8. The maximum atomic E-state index is 11.8. The topological polar surface area (TPSA) is 109 Å². The van der Waals surface area contributed by atoms with Gasteiger partial charge in [-0.3, -0.25) is 4.57 Å². The van der Waals surface area contributed by atoms with E-state index >= 15 is 0 Å². The summed E-state index contributed by atoms with van der Waals surface area (Å²) in [6.07, 6.45) is 0.717. The lowest BCUT2D eigenvalue weighted by molar-refractivity contribution is -0.389. The molecule has 0 saturated heterocycles. The van der Waals surface area contributed by atoms with Crippen LogP contribution in [0.15, 0.2) is 30.5 Å². The molecule has 0 bridgehead atoms. The van der Waals surface area contributed by atoms with E-state index in [1.165, 1.54) is 6.20 Å². The molecule has 132 valence electrons. The second kappa shape index (κ2) is 6.60. The molecule has 1 aliphatic heterocycles. The van der Waals surface area contributed by atoms with E-state index in [0.717, 1.165) is 5.56 Å². The lowest BCUT2D eigenvalue weighted by Gasteiger charge is -2.21. The van der Waals surface area contributed by atoms with E-state index in [-0.39, 0.29) is 25.0 Å². The third-order valence-corrected chi connectivity index (χ3v) is 3.90. The molecule has 0 radical (unpaired) electrons. The highest BCUT2D eigenvalue weighted by Crippen LogP contribution is 2.30. The molecule has 1 aliphatic rings. The quantitative estimate of drug-likeness (QED) is 0.643. The van der Waals surface area contributed by atoms with Crippen molar-refractivity contribution in [3.63, 3.8) is 0 Å². The van der Waals surface area contributed by atoms with E-state index in [1.54, 1.807) is 35.8 Å². The SMILES string of the molecule is CC1(CNC(=O)OCc2ccc(Cl)cc2)Cn2cc([N+](=O)[O-])nc2O1. The monoisotopic (exact) mass is 366 g/mol. The number of nitrogens with one attached hydrogen (secondary N) is 1. The van der Waals surface area contributed by atoms with Crippen molar-refractivity contribution >= 4 is 23.5 Å². The largest absolute Gasteiger partial charge is 0.445 e.